The molecule has 0 aromatic heterocycles. The average molecular weight is 309 g/mol. The second kappa shape index (κ2) is 7.58. The summed E-state index contributed by atoms with van der Waals surface area (Å²) in [5, 5.41) is 9.47. The summed E-state index contributed by atoms with van der Waals surface area (Å²) < 4.78 is 18.6. The van der Waals surface area contributed by atoms with Gasteiger partial charge in [0.15, 0.2) is 0 Å². The molecule has 0 radical (unpaired) electrons. The molecule has 0 spiro atoms. The van der Waals surface area contributed by atoms with Gasteiger partial charge in [0.1, 0.15) is 18.2 Å². The number of halogens is 1. The zero-order valence-electron chi connectivity index (χ0n) is 13.2. The predicted octanol–water partition coefficient (Wildman–Crippen LogP) is 3.03. The van der Waals surface area contributed by atoms with Gasteiger partial charge in [0.25, 0.3) is 0 Å². The molecule has 0 bridgehead atoms. The van der Waals surface area contributed by atoms with Crippen LogP contribution < -0.4 is 4.74 Å². The van der Waals surface area contributed by atoms with Crippen molar-refractivity contribution in [2.45, 2.75) is 32.7 Å². The molecule has 1 aliphatic heterocycles. The molecule has 1 fully saturated rings. The summed E-state index contributed by atoms with van der Waals surface area (Å²) in [7, 11) is 0. The molecule has 0 amide bonds. The monoisotopic (exact) mass is 309 g/mol. The van der Waals surface area contributed by atoms with Crippen molar-refractivity contribution >= 4 is 5.97 Å². The van der Waals surface area contributed by atoms with Gasteiger partial charge < -0.3 is 14.7 Å². The number of piperidine rings is 1. The van der Waals surface area contributed by atoms with E-state index in [0.29, 0.717) is 11.8 Å². The van der Waals surface area contributed by atoms with E-state index >= 15 is 0 Å². The summed E-state index contributed by atoms with van der Waals surface area (Å²) in [4.78, 5) is 13.9. The second-order valence-corrected chi connectivity index (χ2v) is 6.18. The maximum atomic E-state index is 13.1. The molecule has 1 aromatic carbocycles. The summed E-state index contributed by atoms with van der Waals surface area (Å²) in [5.41, 5.74) is 0. The van der Waals surface area contributed by atoms with Crippen LogP contribution in [0.1, 0.15) is 26.7 Å². The highest BCUT2D eigenvalue weighted by molar-refractivity contribution is 5.70. The predicted molar refractivity (Wildman–Crippen MR) is 82.5 cm³/mol. The SMILES string of the molecule is CC(C)N1CCC(C(COc2cccc(F)c2)C(=O)O)CC1. The Labute approximate surface area is 130 Å². The largest absolute Gasteiger partial charge is 0.493 e. The maximum absolute atomic E-state index is 13.1. The van der Waals surface area contributed by atoms with Gasteiger partial charge in [0.2, 0.25) is 0 Å². The van der Waals surface area contributed by atoms with Crippen LogP contribution in [0.15, 0.2) is 24.3 Å². The van der Waals surface area contributed by atoms with E-state index < -0.39 is 11.9 Å². The Morgan fingerprint density at radius 3 is 2.64 bits per heavy atom. The van der Waals surface area contributed by atoms with Gasteiger partial charge in [-0.15, -0.1) is 0 Å². The molecule has 0 saturated carbocycles. The van der Waals surface area contributed by atoms with Gasteiger partial charge in [-0.3, -0.25) is 4.79 Å². The number of nitrogens with zero attached hydrogens (tertiary/aromatic N) is 1. The Morgan fingerprint density at radius 1 is 1.41 bits per heavy atom. The van der Waals surface area contributed by atoms with Crippen molar-refractivity contribution in [3.8, 4) is 5.75 Å². The van der Waals surface area contributed by atoms with Gasteiger partial charge >= 0.3 is 5.97 Å². The van der Waals surface area contributed by atoms with Crippen LogP contribution in [0.5, 0.6) is 5.75 Å². The van der Waals surface area contributed by atoms with E-state index in [0.717, 1.165) is 25.9 Å². The molecule has 1 atom stereocenters. The fraction of sp³-hybridized carbons (Fsp3) is 0.588. The van der Waals surface area contributed by atoms with E-state index in [1.165, 1.54) is 12.1 Å². The lowest BCUT2D eigenvalue weighted by Gasteiger charge is -2.36. The number of hydrogen-bond donors (Lipinski definition) is 1. The topological polar surface area (TPSA) is 49.8 Å². The van der Waals surface area contributed by atoms with Crippen molar-refractivity contribution in [1.29, 1.82) is 0 Å². The highest BCUT2D eigenvalue weighted by atomic mass is 19.1. The van der Waals surface area contributed by atoms with Crippen LogP contribution in [0.3, 0.4) is 0 Å². The molecule has 1 heterocycles. The summed E-state index contributed by atoms with van der Waals surface area (Å²) in [6.45, 7) is 6.24. The zero-order valence-corrected chi connectivity index (χ0v) is 13.2. The number of aliphatic carboxylic acids is 1. The lowest BCUT2D eigenvalue weighted by Crippen LogP contribution is -2.42. The van der Waals surface area contributed by atoms with Crippen LogP contribution >= 0.6 is 0 Å². The Bertz CT molecular complexity index is 498. The van der Waals surface area contributed by atoms with Crippen LogP contribution in [0.2, 0.25) is 0 Å². The summed E-state index contributed by atoms with van der Waals surface area (Å²) in [5.74, 6) is -1.27. The quantitative estimate of drug-likeness (QED) is 0.877. The Morgan fingerprint density at radius 2 is 2.09 bits per heavy atom. The van der Waals surface area contributed by atoms with Gasteiger partial charge in [0, 0.05) is 12.1 Å². The first-order valence-corrected chi connectivity index (χ1v) is 7.82. The summed E-state index contributed by atoms with van der Waals surface area (Å²) >= 11 is 0. The molecule has 2 rings (SSSR count). The maximum Gasteiger partial charge on any atom is 0.310 e. The first kappa shape index (κ1) is 16.7. The highest BCUT2D eigenvalue weighted by Crippen LogP contribution is 2.27. The van der Waals surface area contributed by atoms with Crippen molar-refractivity contribution in [1.82, 2.24) is 4.90 Å². The number of likely N-dealkylation sites (tertiary alicyclic amines) is 1. The van der Waals surface area contributed by atoms with E-state index in [1.807, 2.05) is 0 Å². The molecular weight excluding hydrogens is 285 g/mol. The van der Waals surface area contributed by atoms with Crippen molar-refractivity contribution in [2.24, 2.45) is 11.8 Å². The molecule has 22 heavy (non-hydrogen) atoms. The van der Waals surface area contributed by atoms with Gasteiger partial charge in [0.05, 0.1) is 5.92 Å². The molecule has 5 heteroatoms. The highest BCUT2D eigenvalue weighted by Gasteiger charge is 2.32. The third-order valence-corrected chi connectivity index (χ3v) is 4.42. The van der Waals surface area contributed by atoms with E-state index in [2.05, 4.69) is 18.7 Å². The fourth-order valence-electron chi connectivity index (χ4n) is 2.99. The fourth-order valence-corrected chi connectivity index (χ4v) is 2.99. The van der Waals surface area contributed by atoms with E-state index in [-0.39, 0.29) is 18.3 Å². The Hall–Kier alpha value is -1.62. The van der Waals surface area contributed by atoms with Crippen molar-refractivity contribution in [3.05, 3.63) is 30.1 Å². The third kappa shape index (κ3) is 4.44. The van der Waals surface area contributed by atoms with E-state index in [4.69, 9.17) is 4.74 Å². The molecule has 1 aromatic rings. The third-order valence-electron chi connectivity index (χ3n) is 4.42. The zero-order chi connectivity index (χ0) is 16.1. The first-order valence-electron chi connectivity index (χ1n) is 7.82. The van der Waals surface area contributed by atoms with Crippen LogP contribution in [-0.4, -0.2) is 41.7 Å². The minimum absolute atomic E-state index is 0.0884. The van der Waals surface area contributed by atoms with Gasteiger partial charge in [-0.25, -0.2) is 4.39 Å². The van der Waals surface area contributed by atoms with Crippen LogP contribution in [0.4, 0.5) is 4.39 Å². The number of rotatable bonds is 6. The van der Waals surface area contributed by atoms with E-state index in [9.17, 15) is 14.3 Å². The normalized spacial score (nSPS) is 18.4. The Kier molecular flexibility index (Phi) is 5.77. The van der Waals surface area contributed by atoms with Crippen LogP contribution in [0, 0.1) is 17.7 Å². The molecule has 1 N–H and O–H groups in total. The number of carbonyl (C=O) groups is 1. The number of carboxylic acid groups (broad SMARTS) is 1. The molecule has 0 aliphatic carbocycles. The molecular formula is C17H24FNO3. The lowest BCUT2D eigenvalue weighted by molar-refractivity contribution is -0.145. The standard InChI is InChI=1S/C17H24FNO3/c1-12(2)19-8-6-13(7-9-19)16(17(20)21)11-22-15-5-3-4-14(18)10-15/h3-5,10,12-13,16H,6-9,11H2,1-2H3,(H,20,21). The molecule has 1 saturated heterocycles. The minimum Gasteiger partial charge on any atom is -0.493 e. The summed E-state index contributed by atoms with van der Waals surface area (Å²) in [6.07, 6.45) is 1.73. The molecule has 1 unspecified atom stereocenters. The molecule has 4 nitrogen and oxygen atoms in total. The Balaban J connectivity index is 1.92. The van der Waals surface area contributed by atoms with Crippen molar-refractivity contribution in [3.63, 3.8) is 0 Å². The second-order valence-electron chi connectivity index (χ2n) is 6.18. The first-order chi connectivity index (χ1) is 10.5. The molecule has 1 aliphatic rings. The van der Waals surface area contributed by atoms with Gasteiger partial charge in [-0.05, 0) is 57.8 Å². The number of benzene rings is 1. The number of hydrogen-bond acceptors (Lipinski definition) is 3. The average Bonchev–Trinajstić information content (AvgIpc) is 2.47. The number of ether oxygens (including phenoxy) is 1. The lowest BCUT2D eigenvalue weighted by atomic mass is 9.84. The van der Waals surface area contributed by atoms with Crippen LogP contribution in [-0.2, 0) is 4.79 Å². The minimum atomic E-state index is -0.834. The van der Waals surface area contributed by atoms with Crippen molar-refractivity contribution < 1.29 is 19.0 Å². The van der Waals surface area contributed by atoms with Gasteiger partial charge in [-0.2, -0.15) is 0 Å². The number of carboxylic acids is 1. The van der Waals surface area contributed by atoms with Gasteiger partial charge in [-0.1, -0.05) is 6.07 Å². The van der Waals surface area contributed by atoms with Crippen LogP contribution in [0.25, 0.3) is 0 Å². The van der Waals surface area contributed by atoms with E-state index in [1.54, 1.807) is 12.1 Å². The van der Waals surface area contributed by atoms with Crippen molar-refractivity contribution in [2.75, 3.05) is 19.7 Å². The smallest absolute Gasteiger partial charge is 0.310 e. The summed E-state index contributed by atoms with van der Waals surface area (Å²) in [6, 6.07) is 6.31. The molecule has 122 valence electrons.